The van der Waals surface area contributed by atoms with Gasteiger partial charge in [0.1, 0.15) is 17.4 Å². The molecule has 0 radical (unpaired) electrons. The summed E-state index contributed by atoms with van der Waals surface area (Å²) in [6.45, 7) is 8.90. The second-order valence-electron chi connectivity index (χ2n) is 12.3. The monoisotopic (exact) mass is 591 g/mol. The summed E-state index contributed by atoms with van der Waals surface area (Å²) in [5.41, 5.74) is 1.38. The lowest BCUT2D eigenvalue weighted by Gasteiger charge is -2.34. The van der Waals surface area contributed by atoms with E-state index in [4.69, 9.17) is 9.47 Å². The zero-order chi connectivity index (χ0) is 30.8. The van der Waals surface area contributed by atoms with E-state index in [-0.39, 0.29) is 24.3 Å². The van der Waals surface area contributed by atoms with Crippen LogP contribution in [0.25, 0.3) is 0 Å². The molecule has 2 aromatic rings. The smallest absolute Gasteiger partial charge is 0.250 e. The molecule has 3 N–H and O–H groups in total. The standard InChI is InChI=1S/C34H45N3O6/c1-5-33-17-18-34(43-33)28(27(33)30(39)35-24-13-15-25(16-14-24)42-6-2)32(41)37(19-9-7-8-10-20-38)29(34)31(40)36-26-21-22(3)11-12-23(26)4/h11-16,21,27-29,38H,5-10,17-20H2,1-4H3,(H,35,39)(H,36,40)/t27-,28+,29?,33+,34?/m1/s1. The molecule has 0 aliphatic carbocycles. The molecule has 3 heterocycles. The molecule has 3 aliphatic rings. The molecule has 3 saturated heterocycles. The molecule has 2 aromatic carbocycles. The third kappa shape index (κ3) is 5.65. The van der Waals surface area contributed by atoms with E-state index in [9.17, 15) is 19.5 Å². The SMILES string of the molecule is CCOc1ccc(NC(=O)[C@H]2[C@H]3C(=O)N(CCCCCCO)C(C(=O)Nc4cc(C)ccc4C)C34CC[C@]2(CC)O4)cc1. The van der Waals surface area contributed by atoms with Crippen molar-refractivity contribution in [2.24, 2.45) is 11.8 Å². The van der Waals surface area contributed by atoms with Gasteiger partial charge < -0.3 is 30.1 Å². The van der Waals surface area contributed by atoms with Gasteiger partial charge in [0.15, 0.2) is 0 Å². The first-order valence-electron chi connectivity index (χ1n) is 15.7. The van der Waals surface area contributed by atoms with Gasteiger partial charge in [-0.25, -0.2) is 0 Å². The van der Waals surface area contributed by atoms with Crippen molar-refractivity contribution in [3.8, 4) is 5.75 Å². The summed E-state index contributed by atoms with van der Waals surface area (Å²) >= 11 is 0. The summed E-state index contributed by atoms with van der Waals surface area (Å²) in [5, 5.41) is 15.3. The second kappa shape index (κ2) is 12.7. The summed E-state index contributed by atoms with van der Waals surface area (Å²) in [6, 6.07) is 12.3. The molecule has 9 nitrogen and oxygen atoms in total. The Labute approximate surface area is 254 Å². The predicted molar refractivity (Wildman–Crippen MR) is 165 cm³/mol. The number of rotatable bonds is 13. The zero-order valence-electron chi connectivity index (χ0n) is 25.8. The van der Waals surface area contributed by atoms with E-state index < -0.39 is 29.1 Å². The minimum Gasteiger partial charge on any atom is -0.494 e. The summed E-state index contributed by atoms with van der Waals surface area (Å²) in [4.78, 5) is 44.3. The van der Waals surface area contributed by atoms with E-state index in [0.29, 0.717) is 62.4 Å². The topological polar surface area (TPSA) is 117 Å². The van der Waals surface area contributed by atoms with Crippen LogP contribution in [0.3, 0.4) is 0 Å². The van der Waals surface area contributed by atoms with Crippen LogP contribution in [0.2, 0.25) is 0 Å². The van der Waals surface area contributed by atoms with Crippen LogP contribution >= 0.6 is 0 Å². The summed E-state index contributed by atoms with van der Waals surface area (Å²) in [7, 11) is 0. The normalized spacial score (nSPS) is 27.3. The molecule has 232 valence electrons. The second-order valence-corrected chi connectivity index (χ2v) is 12.3. The fraction of sp³-hybridized carbons (Fsp3) is 0.559. The Morgan fingerprint density at radius 2 is 1.74 bits per heavy atom. The third-order valence-corrected chi connectivity index (χ3v) is 9.60. The molecule has 0 aromatic heterocycles. The molecule has 43 heavy (non-hydrogen) atoms. The number of carbonyl (C=O) groups is 3. The lowest BCUT2D eigenvalue weighted by molar-refractivity contribution is -0.144. The van der Waals surface area contributed by atoms with Crippen molar-refractivity contribution in [1.82, 2.24) is 4.90 Å². The van der Waals surface area contributed by atoms with Crippen LogP contribution < -0.4 is 15.4 Å². The largest absolute Gasteiger partial charge is 0.494 e. The number of anilines is 2. The molecular weight excluding hydrogens is 546 g/mol. The van der Waals surface area contributed by atoms with Crippen molar-refractivity contribution in [1.29, 1.82) is 0 Å². The number of ether oxygens (including phenoxy) is 2. The van der Waals surface area contributed by atoms with Crippen molar-refractivity contribution in [3.05, 3.63) is 53.6 Å². The molecular formula is C34H45N3O6. The Morgan fingerprint density at radius 1 is 1.00 bits per heavy atom. The Morgan fingerprint density at radius 3 is 2.44 bits per heavy atom. The van der Waals surface area contributed by atoms with E-state index in [1.807, 2.05) is 45.9 Å². The highest BCUT2D eigenvalue weighted by atomic mass is 16.5. The molecule has 5 rings (SSSR count). The minimum atomic E-state index is -1.08. The average molecular weight is 592 g/mol. The van der Waals surface area contributed by atoms with Crippen LogP contribution in [0.5, 0.6) is 5.75 Å². The van der Waals surface area contributed by atoms with E-state index in [1.165, 1.54) is 0 Å². The van der Waals surface area contributed by atoms with Gasteiger partial charge in [0.05, 0.1) is 24.0 Å². The Hall–Kier alpha value is -3.43. The number of carbonyl (C=O) groups excluding carboxylic acids is 3. The maximum atomic E-state index is 14.4. The third-order valence-electron chi connectivity index (χ3n) is 9.60. The number of unbranched alkanes of at least 4 members (excludes halogenated alkanes) is 3. The van der Waals surface area contributed by atoms with Crippen molar-refractivity contribution in [2.45, 2.75) is 89.9 Å². The molecule has 1 spiro atoms. The highest BCUT2D eigenvalue weighted by Gasteiger charge is 2.78. The Kier molecular flexibility index (Phi) is 9.13. The van der Waals surface area contributed by atoms with Gasteiger partial charge in [0.2, 0.25) is 17.7 Å². The van der Waals surface area contributed by atoms with Crippen LogP contribution in [0.15, 0.2) is 42.5 Å². The zero-order valence-corrected chi connectivity index (χ0v) is 25.8. The molecule has 3 fully saturated rings. The van der Waals surface area contributed by atoms with E-state index in [2.05, 4.69) is 10.6 Å². The van der Waals surface area contributed by atoms with Crippen molar-refractivity contribution in [2.75, 3.05) is 30.4 Å². The number of aliphatic hydroxyl groups excluding tert-OH is 1. The fourth-order valence-corrected chi connectivity index (χ4v) is 7.50. The lowest BCUT2D eigenvalue weighted by atomic mass is 9.65. The van der Waals surface area contributed by atoms with Crippen LogP contribution in [0.4, 0.5) is 11.4 Å². The van der Waals surface area contributed by atoms with Crippen molar-refractivity contribution < 1.29 is 29.0 Å². The molecule has 3 aliphatic heterocycles. The molecule has 9 heteroatoms. The number of likely N-dealkylation sites (tertiary alicyclic amines) is 1. The lowest BCUT2D eigenvalue weighted by Crippen LogP contribution is -2.53. The van der Waals surface area contributed by atoms with Crippen LogP contribution in [-0.2, 0) is 19.1 Å². The summed E-state index contributed by atoms with van der Waals surface area (Å²) in [5.74, 6) is -1.49. The number of hydrogen-bond donors (Lipinski definition) is 3. The Balaban J connectivity index is 1.46. The van der Waals surface area contributed by atoms with Gasteiger partial charge in [-0.2, -0.15) is 0 Å². The van der Waals surface area contributed by atoms with Crippen LogP contribution in [0.1, 0.15) is 69.9 Å². The van der Waals surface area contributed by atoms with Crippen molar-refractivity contribution in [3.63, 3.8) is 0 Å². The number of hydrogen-bond acceptors (Lipinski definition) is 6. The highest BCUT2D eigenvalue weighted by molar-refractivity contribution is 6.05. The minimum absolute atomic E-state index is 0.132. The first-order chi connectivity index (χ1) is 20.7. The highest BCUT2D eigenvalue weighted by Crippen LogP contribution is 2.64. The number of fused-ring (bicyclic) bond motifs is 1. The fourth-order valence-electron chi connectivity index (χ4n) is 7.50. The van der Waals surface area contributed by atoms with Gasteiger partial charge in [-0.1, -0.05) is 31.9 Å². The first-order valence-corrected chi connectivity index (χ1v) is 15.7. The maximum Gasteiger partial charge on any atom is 0.250 e. The van der Waals surface area contributed by atoms with E-state index >= 15 is 0 Å². The van der Waals surface area contributed by atoms with Gasteiger partial charge in [0, 0.05) is 24.5 Å². The summed E-state index contributed by atoms with van der Waals surface area (Å²) in [6.07, 6.45) is 4.77. The van der Waals surface area contributed by atoms with Gasteiger partial charge in [-0.05, 0) is 94.3 Å². The van der Waals surface area contributed by atoms with E-state index in [1.54, 1.807) is 29.2 Å². The van der Waals surface area contributed by atoms with E-state index in [0.717, 1.165) is 24.0 Å². The molecule has 3 amide bonds. The average Bonchev–Trinajstić information content (AvgIpc) is 3.59. The van der Waals surface area contributed by atoms with Crippen LogP contribution in [-0.4, -0.2) is 64.7 Å². The first kappa shape index (κ1) is 31.0. The number of aryl methyl sites for hydroxylation is 2. The molecule has 2 bridgehead atoms. The van der Waals surface area contributed by atoms with Gasteiger partial charge in [-0.15, -0.1) is 0 Å². The van der Waals surface area contributed by atoms with Crippen molar-refractivity contribution >= 4 is 29.1 Å². The molecule has 0 saturated carbocycles. The number of aliphatic hydroxyl groups is 1. The maximum absolute atomic E-state index is 14.4. The predicted octanol–water partition coefficient (Wildman–Crippen LogP) is 4.99. The quantitative estimate of drug-likeness (QED) is 0.283. The number of nitrogens with zero attached hydrogens (tertiary/aromatic N) is 1. The number of benzene rings is 2. The van der Waals surface area contributed by atoms with Gasteiger partial charge in [0.25, 0.3) is 0 Å². The molecule has 5 atom stereocenters. The Bertz CT molecular complexity index is 1350. The summed E-state index contributed by atoms with van der Waals surface area (Å²) < 4.78 is 12.4. The van der Waals surface area contributed by atoms with Gasteiger partial charge in [-0.3, -0.25) is 14.4 Å². The van der Waals surface area contributed by atoms with Crippen LogP contribution in [0, 0.1) is 25.7 Å². The number of amides is 3. The molecule has 2 unspecified atom stereocenters. The van der Waals surface area contributed by atoms with Gasteiger partial charge >= 0.3 is 0 Å². The number of nitrogens with one attached hydrogen (secondary N) is 2.